The number of aliphatic hydroxyl groups is 1. The Balaban J connectivity index is 1.60. The molecule has 5 heteroatoms. The van der Waals surface area contributed by atoms with Gasteiger partial charge in [0.2, 0.25) is 0 Å². The Morgan fingerprint density at radius 3 is 2.53 bits per heavy atom. The molecule has 1 aromatic heterocycles. The number of quaternary nitrogens is 1. The summed E-state index contributed by atoms with van der Waals surface area (Å²) in [5.41, 5.74) is 3.87. The summed E-state index contributed by atoms with van der Waals surface area (Å²) in [6, 6.07) is 22.4. The SMILES string of the molecule is COCC[NH+](Cc1cccn1Cc1ccccc1C)C[C@@H](O)COc1ccccc1. The van der Waals surface area contributed by atoms with Crippen molar-refractivity contribution in [2.75, 3.05) is 33.4 Å². The second kappa shape index (κ2) is 11.6. The minimum atomic E-state index is -0.545. The van der Waals surface area contributed by atoms with Crippen LogP contribution in [-0.2, 0) is 17.8 Å². The van der Waals surface area contributed by atoms with Crippen molar-refractivity contribution in [2.45, 2.75) is 26.1 Å². The molecular weight excluding hydrogens is 376 g/mol. The van der Waals surface area contributed by atoms with E-state index in [1.54, 1.807) is 7.11 Å². The van der Waals surface area contributed by atoms with Gasteiger partial charge >= 0.3 is 0 Å². The predicted octanol–water partition coefficient (Wildman–Crippen LogP) is 2.32. The van der Waals surface area contributed by atoms with E-state index in [4.69, 9.17) is 9.47 Å². The quantitative estimate of drug-likeness (QED) is 0.483. The van der Waals surface area contributed by atoms with E-state index < -0.39 is 6.10 Å². The first kappa shape index (κ1) is 22.1. The van der Waals surface area contributed by atoms with E-state index in [9.17, 15) is 5.11 Å². The van der Waals surface area contributed by atoms with Crippen LogP contribution in [0.1, 0.15) is 16.8 Å². The highest BCUT2D eigenvalue weighted by Crippen LogP contribution is 2.12. The minimum Gasteiger partial charge on any atom is -0.491 e. The number of rotatable bonds is 12. The highest BCUT2D eigenvalue weighted by Gasteiger charge is 2.18. The Kier molecular flexibility index (Phi) is 8.51. The lowest BCUT2D eigenvalue weighted by Crippen LogP contribution is -3.12. The summed E-state index contributed by atoms with van der Waals surface area (Å²) >= 11 is 0. The number of ether oxygens (including phenoxy) is 2. The molecule has 1 heterocycles. The molecular formula is C25H33N2O3+. The smallest absolute Gasteiger partial charge is 0.137 e. The van der Waals surface area contributed by atoms with Crippen LogP contribution in [0.5, 0.6) is 5.75 Å². The van der Waals surface area contributed by atoms with Crippen LogP contribution in [0, 0.1) is 6.92 Å². The molecule has 5 nitrogen and oxygen atoms in total. The number of aliphatic hydroxyl groups excluding tert-OH is 1. The molecule has 1 unspecified atom stereocenters. The molecule has 0 aliphatic rings. The largest absolute Gasteiger partial charge is 0.491 e. The molecule has 0 aliphatic carbocycles. The summed E-state index contributed by atoms with van der Waals surface area (Å²) in [6.45, 7) is 6.19. The normalized spacial score (nSPS) is 13.2. The molecule has 30 heavy (non-hydrogen) atoms. The minimum absolute atomic E-state index is 0.282. The number of para-hydroxylation sites is 1. The zero-order valence-corrected chi connectivity index (χ0v) is 18.0. The van der Waals surface area contributed by atoms with E-state index in [1.807, 2.05) is 30.3 Å². The zero-order chi connectivity index (χ0) is 21.2. The summed E-state index contributed by atoms with van der Waals surface area (Å²) in [5.74, 6) is 0.780. The third kappa shape index (κ3) is 6.73. The van der Waals surface area contributed by atoms with Crippen LogP contribution in [0.3, 0.4) is 0 Å². The monoisotopic (exact) mass is 409 g/mol. The van der Waals surface area contributed by atoms with Crippen molar-refractivity contribution in [1.82, 2.24) is 4.57 Å². The molecule has 0 saturated heterocycles. The lowest BCUT2D eigenvalue weighted by molar-refractivity contribution is -0.917. The van der Waals surface area contributed by atoms with Crippen LogP contribution in [0.25, 0.3) is 0 Å². The molecule has 3 rings (SSSR count). The fraction of sp³-hybridized carbons (Fsp3) is 0.360. The second-order valence-corrected chi connectivity index (χ2v) is 7.71. The van der Waals surface area contributed by atoms with Gasteiger partial charge in [0.25, 0.3) is 0 Å². The van der Waals surface area contributed by atoms with E-state index in [-0.39, 0.29) is 6.61 Å². The van der Waals surface area contributed by atoms with Crippen molar-refractivity contribution in [2.24, 2.45) is 0 Å². The van der Waals surface area contributed by atoms with Gasteiger partial charge in [0.1, 0.15) is 38.1 Å². The summed E-state index contributed by atoms with van der Waals surface area (Å²) in [7, 11) is 1.72. The molecule has 2 atom stereocenters. The van der Waals surface area contributed by atoms with E-state index in [2.05, 4.69) is 54.1 Å². The van der Waals surface area contributed by atoms with Crippen LogP contribution in [-0.4, -0.2) is 49.2 Å². The standard InChI is InChI=1S/C25H32N2O3/c1-21-9-6-7-10-22(21)17-27-14-8-11-23(27)18-26(15-16-29-2)19-24(28)20-30-25-12-4-3-5-13-25/h3-14,24,28H,15-20H2,1-2H3/p+1/t24-/m1/s1. The number of nitrogens with zero attached hydrogens (tertiary/aromatic N) is 1. The first-order chi connectivity index (χ1) is 14.7. The molecule has 2 aromatic carbocycles. The highest BCUT2D eigenvalue weighted by molar-refractivity contribution is 5.26. The number of nitrogens with one attached hydrogen (secondary N) is 1. The van der Waals surface area contributed by atoms with E-state index >= 15 is 0 Å². The Labute approximate surface area is 179 Å². The first-order valence-electron chi connectivity index (χ1n) is 10.5. The van der Waals surface area contributed by atoms with Crippen molar-refractivity contribution in [3.8, 4) is 5.75 Å². The number of aromatic nitrogens is 1. The highest BCUT2D eigenvalue weighted by atomic mass is 16.5. The molecule has 0 radical (unpaired) electrons. The van der Waals surface area contributed by atoms with Crippen LogP contribution >= 0.6 is 0 Å². The number of hydrogen-bond acceptors (Lipinski definition) is 3. The van der Waals surface area contributed by atoms with Gasteiger partial charge in [-0.25, -0.2) is 0 Å². The zero-order valence-electron chi connectivity index (χ0n) is 18.0. The first-order valence-corrected chi connectivity index (χ1v) is 10.5. The molecule has 3 aromatic rings. The predicted molar refractivity (Wildman–Crippen MR) is 119 cm³/mol. The van der Waals surface area contributed by atoms with E-state index in [1.165, 1.54) is 21.7 Å². The lowest BCUT2D eigenvalue weighted by atomic mass is 10.1. The van der Waals surface area contributed by atoms with Crippen molar-refractivity contribution in [1.29, 1.82) is 0 Å². The fourth-order valence-electron chi connectivity index (χ4n) is 3.60. The molecule has 2 N–H and O–H groups in total. The Morgan fingerprint density at radius 2 is 1.77 bits per heavy atom. The fourth-order valence-corrected chi connectivity index (χ4v) is 3.60. The summed E-state index contributed by atoms with van der Waals surface area (Å²) < 4.78 is 13.3. The second-order valence-electron chi connectivity index (χ2n) is 7.71. The molecule has 0 spiro atoms. The van der Waals surface area contributed by atoms with E-state index in [0.717, 1.165) is 25.4 Å². The van der Waals surface area contributed by atoms with Gasteiger partial charge in [-0.1, -0.05) is 42.5 Å². The van der Waals surface area contributed by atoms with Gasteiger partial charge in [-0.2, -0.15) is 0 Å². The molecule has 0 amide bonds. The third-order valence-electron chi connectivity index (χ3n) is 5.33. The summed E-state index contributed by atoms with van der Waals surface area (Å²) in [4.78, 5) is 1.27. The van der Waals surface area contributed by atoms with Crippen LogP contribution in [0.4, 0.5) is 0 Å². The topological polar surface area (TPSA) is 48.1 Å². The van der Waals surface area contributed by atoms with Crippen LogP contribution in [0.15, 0.2) is 72.9 Å². The number of benzene rings is 2. The van der Waals surface area contributed by atoms with Crippen molar-refractivity contribution < 1.29 is 19.5 Å². The Morgan fingerprint density at radius 1 is 1.00 bits per heavy atom. The lowest BCUT2D eigenvalue weighted by Gasteiger charge is -2.23. The van der Waals surface area contributed by atoms with Crippen molar-refractivity contribution in [3.05, 3.63) is 89.7 Å². The Bertz CT molecular complexity index is 879. The molecule has 160 valence electrons. The van der Waals surface area contributed by atoms with Crippen LogP contribution in [0.2, 0.25) is 0 Å². The summed E-state index contributed by atoms with van der Waals surface area (Å²) in [5, 5.41) is 10.6. The average Bonchev–Trinajstić information content (AvgIpc) is 3.19. The molecule has 0 fully saturated rings. The van der Waals surface area contributed by atoms with Gasteiger partial charge in [-0.3, -0.25) is 0 Å². The molecule has 0 saturated carbocycles. The maximum atomic E-state index is 10.6. The van der Waals surface area contributed by atoms with Crippen molar-refractivity contribution >= 4 is 0 Å². The van der Waals surface area contributed by atoms with Gasteiger partial charge in [-0.05, 0) is 42.3 Å². The van der Waals surface area contributed by atoms with Gasteiger partial charge < -0.3 is 24.0 Å². The molecule has 0 aliphatic heterocycles. The maximum Gasteiger partial charge on any atom is 0.137 e. The maximum absolute atomic E-state index is 10.6. The average molecular weight is 410 g/mol. The molecule has 0 bridgehead atoms. The summed E-state index contributed by atoms with van der Waals surface area (Å²) in [6.07, 6.45) is 1.59. The number of hydrogen-bond donors (Lipinski definition) is 2. The van der Waals surface area contributed by atoms with Gasteiger partial charge in [0.15, 0.2) is 0 Å². The van der Waals surface area contributed by atoms with Gasteiger partial charge in [-0.15, -0.1) is 0 Å². The number of methoxy groups -OCH3 is 1. The van der Waals surface area contributed by atoms with E-state index in [0.29, 0.717) is 13.2 Å². The van der Waals surface area contributed by atoms with Crippen molar-refractivity contribution in [3.63, 3.8) is 0 Å². The van der Waals surface area contributed by atoms with Gasteiger partial charge in [0, 0.05) is 19.9 Å². The van der Waals surface area contributed by atoms with Gasteiger partial charge in [0.05, 0.1) is 12.3 Å². The third-order valence-corrected chi connectivity index (χ3v) is 5.33. The number of aryl methyl sites for hydroxylation is 1. The Hall–Kier alpha value is -2.60. The van der Waals surface area contributed by atoms with Crippen LogP contribution < -0.4 is 9.64 Å².